The number of nitrogen functional groups attached to an aromatic ring is 1. The second-order valence-corrected chi connectivity index (χ2v) is 9.17. The van der Waals surface area contributed by atoms with Crippen LogP contribution in [0.3, 0.4) is 0 Å². The Morgan fingerprint density at radius 2 is 1.94 bits per heavy atom. The second-order valence-electron chi connectivity index (χ2n) is 9.17. The maximum absolute atomic E-state index is 13.4. The molecule has 1 aliphatic heterocycles. The fourth-order valence-corrected chi connectivity index (χ4v) is 4.83. The largest absolute Gasteiger partial charge is 0.382 e. The normalized spacial score (nSPS) is 15.7. The van der Waals surface area contributed by atoms with Gasteiger partial charge < -0.3 is 15.5 Å². The van der Waals surface area contributed by atoms with Crippen LogP contribution in [0.4, 0.5) is 11.5 Å². The highest BCUT2D eigenvalue weighted by Gasteiger charge is 2.43. The van der Waals surface area contributed by atoms with Gasteiger partial charge in [-0.25, -0.2) is 9.50 Å². The zero-order valence-electron chi connectivity index (χ0n) is 20.3. The molecule has 0 spiro atoms. The average molecular weight is 473 g/mol. The number of hydrogen-bond acceptors (Lipinski definition) is 6. The van der Waals surface area contributed by atoms with Gasteiger partial charge in [-0.3, -0.25) is 14.3 Å². The van der Waals surface area contributed by atoms with Crippen molar-refractivity contribution in [3.63, 3.8) is 0 Å². The fraction of sp³-hybridized carbons (Fsp3) is 0.320. The van der Waals surface area contributed by atoms with Crippen LogP contribution in [0, 0.1) is 0 Å². The second kappa shape index (κ2) is 8.23. The summed E-state index contributed by atoms with van der Waals surface area (Å²) in [6, 6.07) is 9.80. The van der Waals surface area contributed by atoms with Gasteiger partial charge in [0.1, 0.15) is 17.4 Å². The summed E-state index contributed by atoms with van der Waals surface area (Å²) >= 11 is 0. The van der Waals surface area contributed by atoms with Crippen molar-refractivity contribution in [3.8, 4) is 22.4 Å². The quantitative estimate of drug-likeness (QED) is 0.488. The summed E-state index contributed by atoms with van der Waals surface area (Å²) in [6.07, 6.45) is 5.21. The lowest BCUT2D eigenvalue weighted by atomic mass is 9.96. The van der Waals surface area contributed by atoms with Crippen LogP contribution < -0.4 is 10.6 Å². The molecular weight excluding hydrogens is 444 g/mol. The maximum Gasteiger partial charge on any atom is 0.252 e. The van der Waals surface area contributed by atoms with Gasteiger partial charge in [0, 0.05) is 55.1 Å². The Labute approximate surface area is 203 Å². The minimum atomic E-state index is -0.921. The Bertz CT molecular complexity index is 1450. The Morgan fingerprint density at radius 1 is 1.14 bits per heavy atom. The van der Waals surface area contributed by atoms with Crippen LogP contribution >= 0.6 is 0 Å². The van der Waals surface area contributed by atoms with Gasteiger partial charge in [0.2, 0.25) is 5.91 Å². The molecule has 3 aromatic heterocycles. The van der Waals surface area contributed by atoms with Gasteiger partial charge in [0.25, 0.3) is 5.91 Å². The van der Waals surface area contributed by atoms with Crippen LogP contribution in [0.15, 0.2) is 49.1 Å². The molecule has 1 aromatic carbocycles. The monoisotopic (exact) mass is 472 g/mol. The minimum Gasteiger partial charge on any atom is -0.382 e. The van der Waals surface area contributed by atoms with E-state index in [0.29, 0.717) is 24.4 Å². The first-order chi connectivity index (χ1) is 16.7. The van der Waals surface area contributed by atoms with E-state index >= 15 is 0 Å². The van der Waals surface area contributed by atoms with E-state index in [0.717, 1.165) is 34.6 Å². The zero-order chi connectivity index (χ0) is 24.9. The van der Waals surface area contributed by atoms with Gasteiger partial charge in [-0.2, -0.15) is 10.2 Å². The van der Waals surface area contributed by atoms with E-state index in [1.54, 1.807) is 34.4 Å². The van der Waals surface area contributed by atoms with Crippen molar-refractivity contribution in [2.24, 2.45) is 0 Å². The van der Waals surface area contributed by atoms with Gasteiger partial charge in [-0.05, 0) is 39.0 Å². The highest BCUT2D eigenvalue weighted by molar-refractivity contribution is 6.03. The Kier molecular flexibility index (Phi) is 5.31. The van der Waals surface area contributed by atoms with Crippen LogP contribution in [0.5, 0.6) is 0 Å². The molecule has 1 saturated heterocycles. The number of aromatic nitrogens is 5. The van der Waals surface area contributed by atoms with Crippen molar-refractivity contribution in [3.05, 3.63) is 49.1 Å². The van der Waals surface area contributed by atoms with Crippen molar-refractivity contribution < 1.29 is 9.59 Å². The number of nitrogens with zero attached hydrogens (tertiary/aromatic N) is 7. The van der Waals surface area contributed by atoms with E-state index in [9.17, 15) is 9.59 Å². The van der Waals surface area contributed by atoms with E-state index < -0.39 is 5.54 Å². The molecule has 4 heterocycles. The Balaban J connectivity index is 1.59. The van der Waals surface area contributed by atoms with Crippen LogP contribution in [0.25, 0.3) is 27.9 Å². The molecule has 1 fully saturated rings. The molecule has 35 heavy (non-hydrogen) atoms. The summed E-state index contributed by atoms with van der Waals surface area (Å²) in [5.74, 6) is 0.155. The number of aryl methyl sites for hydroxylation is 1. The first kappa shape index (κ1) is 22.6. The number of hydrogen-bond donors (Lipinski definition) is 1. The molecule has 10 nitrogen and oxygen atoms in total. The molecule has 10 heteroatoms. The van der Waals surface area contributed by atoms with E-state index in [1.165, 1.54) is 13.3 Å². The molecule has 2 N–H and O–H groups in total. The number of carbonyl (C=O) groups is 2. The van der Waals surface area contributed by atoms with Gasteiger partial charge in [-0.15, -0.1) is 0 Å². The number of anilines is 2. The number of nitrogens with two attached hydrogens (primary N) is 1. The molecule has 0 aliphatic carbocycles. The predicted molar refractivity (Wildman–Crippen MR) is 134 cm³/mol. The van der Waals surface area contributed by atoms with Crippen molar-refractivity contribution in [2.45, 2.75) is 39.8 Å². The predicted octanol–water partition coefficient (Wildman–Crippen LogP) is 2.84. The lowest BCUT2D eigenvalue weighted by molar-refractivity contribution is -0.145. The summed E-state index contributed by atoms with van der Waals surface area (Å²) in [7, 11) is 0. The standard InChI is InChI=1S/C25H28N8O2/c1-5-30-14-18(13-28-30)20-12-21(33-22(20)23(26)27-15-29-33)17-7-6-8-19(11-17)31-9-10-32(16(2)34)25(3,4)24(31)35/h6-8,11-15H,5,9-10H2,1-4H3,(H2,26,27,29). The molecule has 1 aliphatic rings. The number of piperazine rings is 1. The van der Waals surface area contributed by atoms with Crippen molar-refractivity contribution in [2.75, 3.05) is 23.7 Å². The van der Waals surface area contributed by atoms with Crippen LogP contribution in [-0.2, 0) is 16.1 Å². The molecule has 2 amide bonds. The Hall–Kier alpha value is -4.21. The van der Waals surface area contributed by atoms with Crippen molar-refractivity contribution in [1.82, 2.24) is 29.3 Å². The van der Waals surface area contributed by atoms with E-state index in [4.69, 9.17) is 5.73 Å². The molecule has 0 bridgehead atoms. The third-order valence-electron chi connectivity index (χ3n) is 6.68. The lowest BCUT2D eigenvalue weighted by Crippen LogP contribution is -2.64. The van der Waals surface area contributed by atoms with Crippen molar-refractivity contribution >= 4 is 28.8 Å². The molecular formula is C25H28N8O2. The number of carbonyl (C=O) groups excluding carboxylic acids is 2. The number of rotatable bonds is 4. The zero-order valence-corrected chi connectivity index (χ0v) is 20.3. The molecule has 0 atom stereocenters. The molecule has 0 saturated carbocycles. The first-order valence-electron chi connectivity index (χ1n) is 11.6. The van der Waals surface area contributed by atoms with E-state index in [-0.39, 0.29) is 11.8 Å². The number of amides is 2. The van der Waals surface area contributed by atoms with Crippen LogP contribution in [-0.4, -0.2) is 59.7 Å². The van der Waals surface area contributed by atoms with Crippen LogP contribution in [0.2, 0.25) is 0 Å². The summed E-state index contributed by atoms with van der Waals surface area (Å²) < 4.78 is 3.63. The maximum atomic E-state index is 13.4. The smallest absolute Gasteiger partial charge is 0.252 e. The van der Waals surface area contributed by atoms with Crippen LogP contribution in [0.1, 0.15) is 27.7 Å². The van der Waals surface area contributed by atoms with Crippen molar-refractivity contribution in [1.29, 1.82) is 0 Å². The van der Waals surface area contributed by atoms with E-state index in [1.807, 2.05) is 48.1 Å². The van der Waals surface area contributed by atoms with Gasteiger partial charge in [0.15, 0.2) is 5.82 Å². The first-order valence-corrected chi connectivity index (χ1v) is 11.6. The number of benzene rings is 1. The molecule has 180 valence electrons. The fourth-order valence-electron chi connectivity index (χ4n) is 4.83. The topological polar surface area (TPSA) is 115 Å². The summed E-state index contributed by atoms with van der Waals surface area (Å²) in [4.78, 5) is 33.0. The average Bonchev–Trinajstić information content (AvgIpc) is 3.46. The third kappa shape index (κ3) is 3.61. The molecule has 5 rings (SSSR count). The molecule has 0 unspecified atom stereocenters. The Morgan fingerprint density at radius 3 is 2.66 bits per heavy atom. The van der Waals surface area contributed by atoms with E-state index in [2.05, 4.69) is 15.2 Å². The minimum absolute atomic E-state index is 0.104. The van der Waals surface area contributed by atoms with Gasteiger partial charge >= 0.3 is 0 Å². The third-order valence-corrected chi connectivity index (χ3v) is 6.68. The van der Waals surface area contributed by atoms with Gasteiger partial charge in [-0.1, -0.05) is 12.1 Å². The number of fused-ring (bicyclic) bond motifs is 1. The highest BCUT2D eigenvalue weighted by atomic mass is 16.2. The summed E-state index contributed by atoms with van der Waals surface area (Å²) in [6.45, 7) is 8.76. The SMILES string of the molecule is CCn1cc(-c2cc(-c3cccc(N4CCN(C(C)=O)C(C)(C)C4=O)c3)n3ncnc(N)c23)cn1. The highest BCUT2D eigenvalue weighted by Crippen LogP contribution is 2.36. The summed E-state index contributed by atoms with van der Waals surface area (Å²) in [5, 5.41) is 8.87. The lowest BCUT2D eigenvalue weighted by Gasteiger charge is -2.45. The molecule has 4 aromatic rings. The van der Waals surface area contributed by atoms with Gasteiger partial charge in [0.05, 0.1) is 11.9 Å². The summed E-state index contributed by atoms with van der Waals surface area (Å²) in [5.41, 5.74) is 10.3. The molecule has 0 radical (unpaired) electrons.